The molecule has 2 rings (SSSR count). The van der Waals surface area contributed by atoms with E-state index >= 15 is 0 Å². The normalized spacial score (nSPS) is 12.0. The van der Waals surface area contributed by atoms with Gasteiger partial charge in [-0.2, -0.15) is 0 Å². The maximum absolute atomic E-state index is 4.20. The third-order valence-corrected chi connectivity index (χ3v) is 3.12. The molecule has 0 aliphatic rings. The first-order valence-corrected chi connectivity index (χ1v) is 6.86. The molecule has 0 aliphatic carbocycles. The van der Waals surface area contributed by atoms with Crippen molar-refractivity contribution in [1.82, 2.24) is 19.4 Å². The van der Waals surface area contributed by atoms with Gasteiger partial charge in [0, 0.05) is 37.2 Å². The molecule has 2 heterocycles. The van der Waals surface area contributed by atoms with E-state index in [0.717, 1.165) is 19.6 Å². The number of rotatable bonds is 5. The topological polar surface area (TPSA) is 34.8 Å². The third kappa shape index (κ3) is 3.96. The Hall–Kier alpha value is -1.55. The highest BCUT2D eigenvalue weighted by molar-refractivity contribution is 5.12. The molecule has 4 heteroatoms. The third-order valence-electron chi connectivity index (χ3n) is 3.12. The molecule has 0 saturated carbocycles. The van der Waals surface area contributed by atoms with Crippen LogP contribution in [0.1, 0.15) is 39.0 Å². The van der Waals surface area contributed by atoms with Crippen LogP contribution < -0.4 is 5.32 Å². The van der Waals surface area contributed by atoms with Gasteiger partial charge in [-0.3, -0.25) is 0 Å². The van der Waals surface area contributed by atoms with Crippen LogP contribution in [0, 0.1) is 0 Å². The summed E-state index contributed by atoms with van der Waals surface area (Å²) in [5.41, 5.74) is 2.72. The zero-order valence-corrected chi connectivity index (χ0v) is 12.3. The molecule has 0 saturated heterocycles. The minimum absolute atomic E-state index is 0.156. The first kappa shape index (κ1) is 13.9. The highest BCUT2D eigenvalue weighted by Gasteiger charge is 2.09. The first-order chi connectivity index (χ1) is 8.98. The number of nitrogens with zero attached hydrogens (tertiary/aromatic N) is 3. The molecular weight excluding hydrogens is 236 g/mol. The summed E-state index contributed by atoms with van der Waals surface area (Å²) in [4.78, 5) is 4.20. The summed E-state index contributed by atoms with van der Waals surface area (Å²) in [6, 6.07) is 2.17. The van der Waals surface area contributed by atoms with E-state index in [9.17, 15) is 0 Å². The van der Waals surface area contributed by atoms with Gasteiger partial charge in [0.2, 0.25) is 0 Å². The minimum atomic E-state index is 0.156. The summed E-state index contributed by atoms with van der Waals surface area (Å²) in [6.45, 7) is 11.4. The van der Waals surface area contributed by atoms with Crippen molar-refractivity contribution in [2.24, 2.45) is 0 Å². The van der Waals surface area contributed by atoms with Crippen LogP contribution in [0.5, 0.6) is 0 Å². The summed E-state index contributed by atoms with van der Waals surface area (Å²) in [5, 5.41) is 3.50. The molecule has 1 N–H and O–H groups in total. The van der Waals surface area contributed by atoms with Crippen LogP contribution in [0.15, 0.2) is 31.0 Å². The van der Waals surface area contributed by atoms with Gasteiger partial charge in [-0.05, 0) is 39.3 Å². The fourth-order valence-electron chi connectivity index (χ4n) is 2.01. The van der Waals surface area contributed by atoms with Crippen LogP contribution in [0.2, 0.25) is 0 Å². The van der Waals surface area contributed by atoms with Crippen LogP contribution in [0.25, 0.3) is 0 Å². The molecule has 0 fully saturated rings. The predicted molar refractivity (Wildman–Crippen MR) is 78.0 cm³/mol. The Kier molecular flexibility index (Phi) is 4.10. The highest BCUT2D eigenvalue weighted by Crippen LogP contribution is 2.08. The van der Waals surface area contributed by atoms with E-state index < -0.39 is 0 Å². The van der Waals surface area contributed by atoms with Crippen molar-refractivity contribution in [2.45, 2.75) is 52.9 Å². The Morgan fingerprint density at radius 3 is 2.79 bits per heavy atom. The van der Waals surface area contributed by atoms with Crippen molar-refractivity contribution in [1.29, 1.82) is 0 Å². The van der Waals surface area contributed by atoms with Gasteiger partial charge in [0.15, 0.2) is 0 Å². The molecule has 0 amide bonds. The smallest absolute Gasteiger partial charge is 0.0948 e. The molecule has 0 atom stereocenters. The summed E-state index contributed by atoms with van der Waals surface area (Å²) in [6.07, 6.45) is 8.16. The zero-order chi connectivity index (χ0) is 13.9. The van der Waals surface area contributed by atoms with Gasteiger partial charge in [-0.1, -0.05) is 0 Å². The number of aryl methyl sites for hydroxylation is 1. The SMILES string of the molecule is CCn1cncc1Cn1ccc(CNC(C)(C)C)c1. The van der Waals surface area contributed by atoms with E-state index in [2.05, 4.69) is 65.6 Å². The Labute approximate surface area is 115 Å². The molecule has 104 valence electrons. The summed E-state index contributed by atoms with van der Waals surface area (Å²) >= 11 is 0. The second kappa shape index (κ2) is 5.61. The summed E-state index contributed by atoms with van der Waals surface area (Å²) in [5.74, 6) is 0. The lowest BCUT2D eigenvalue weighted by atomic mass is 10.1. The standard InChI is InChI=1S/C15H24N4/c1-5-19-12-16-9-14(19)11-18-7-6-13(10-18)8-17-15(2,3)4/h6-7,9-10,12,17H,5,8,11H2,1-4H3. The van der Waals surface area contributed by atoms with Crippen LogP contribution in [0.4, 0.5) is 0 Å². The number of nitrogens with one attached hydrogen (secondary N) is 1. The molecule has 0 spiro atoms. The van der Waals surface area contributed by atoms with Crippen molar-refractivity contribution < 1.29 is 0 Å². The molecule has 0 aromatic carbocycles. The second-order valence-corrected chi connectivity index (χ2v) is 5.97. The van der Waals surface area contributed by atoms with Crippen LogP contribution in [0.3, 0.4) is 0 Å². The lowest BCUT2D eigenvalue weighted by molar-refractivity contribution is 0.424. The lowest BCUT2D eigenvalue weighted by Crippen LogP contribution is -2.34. The van der Waals surface area contributed by atoms with E-state index in [1.54, 1.807) is 0 Å². The van der Waals surface area contributed by atoms with Gasteiger partial charge >= 0.3 is 0 Å². The van der Waals surface area contributed by atoms with Crippen molar-refractivity contribution in [3.63, 3.8) is 0 Å². The molecule has 0 unspecified atom stereocenters. The average molecular weight is 260 g/mol. The highest BCUT2D eigenvalue weighted by atomic mass is 15.1. The molecule has 0 bridgehead atoms. The van der Waals surface area contributed by atoms with Crippen LogP contribution >= 0.6 is 0 Å². The number of hydrogen-bond acceptors (Lipinski definition) is 2. The minimum Gasteiger partial charge on any atom is -0.348 e. The van der Waals surface area contributed by atoms with Gasteiger partial charge in [0.25, 0.3) is 0 Å². The zero-order valence-electron chi connectivity index (χ0n) is 12.3. The van der Waals surface area contributed by atoms with E-state index in [4.69, 9.17) is 0 Å². The number of aromatic nitrogens is 3. The van der Waals surface area contributed by atoms with Gasteiger partial charge in [0.1, 0.15) is 0 Å². The van der Waals surface area contributed by atoms with Crippen LogP contribution in [-0.4, -0.2) is 19.7 Å². The Morgan fingerprint density at radius 2 is 2.11 bits per heavy atom. The quantitative estimate of drug-likeness (QED) is 0.897. The van der Waals surface area contributed by atoms with Gasteiger partial charge < -0.3 is 14.5 Å². The second-order valence-electron chi connectivity index (χ2n) is 5.97. The molecule has 0 aliphatic heterocycles. The summed E-state index contributed by atoms with van der Waals surface area (Å²) < 4.78 is 4.38. The first-order valence-electron chi connectivity index (χ1n) is 6.86. The number of imidazole rings is 1. The maximum atomic E-state index is 4.20. The largest absolute Gasteiger partial charge is 0.348 e. The van der Waals surface area contributed by atoms with Crippen molar-refractivity contribution >= 4 is 0 Å². The lowest BCUT2D eigenvalue weighted by Gasteiger charge is -2.19. The molecule has 4 nitrogen and oxygen atoms in total. The van der Waals surface area contributed by atoms with E-state index in [1.807, 2.05) is 12.5 Å². The predicted octanol–water partition coefficient (Wildman–Crippen LogP) is 2.64. The van der Waals surface area contributed by atoms with Crippen molar-refractivity contribution in [3.8, 4) is 0 Å². The van der Waals surface area contributed by atoms with E-state index in [1.165, 1.54) is 11.3 Å². The fourth-order valence-corrected chi connectivity index (χ4v) is 2.01. The van der Waals surface area contributed by atoms with Crippen LogP contribution in [-0.2, 0) is 19.6 Å². The maximum Gasteiger partial charge on any atom is 0.0948 e. The van der Waals surface area contributed by atoms with Crippen molar-refractivity contribution in [3.05, 3.63) is 42.2 Å². The Bertz CT molecular complexity index is 516. The average Bonchev–Trinajstić information content (AvgIpc) is 2.95. The monoisotopic (exact) mass is 260 g/mol. The van der Waals surface area contributed by atoms with Crippen molar-refractivity contribution in [2.75, 3.05) is 0 Å². The molecule has 2 aromatic heterocycles. The Balaban J connectivity index is 1.98. The Morgan fingerprint density at radius 1 is 1.32 bits per heavy atom. The fraction of sp³-hybridized carbons (Fsp3) is 0.533. The molecule has 0 radical (unpaired) electrons. The van der Waals surface area contributed by atoms with E-state index in [-0.39, 0.29) is 5.54 Å². The molecular formula is C15H24N4. The van der Waals surface area contributed by atoms with Gasteiger partial charge in [-0.25, -0.2) is 4.98 Å². The molecule has 19 heavy (non-hydrogen) atoms. The number of hydrogen-bond donors (Lipinski definition) is 1. The summed E-state index contributed by atoms with van der Waals surface area (Å²) in [7, 11) is 0. The molecule has 2 aromatic rings. The van der Waals surface area contributed by atoms with Gasteiger partial charge in [-0.15, -0.1) is 0 Å². The van der Waals surface area contributed by atoms with E-state index in [0.29, 0.717) is 0 Å². The van der Waals surface area contributed by atoms with Gasteiger partial charge in [0.05, 0.1) is 18.6 Å².